The molecule has 1 aliphatic heterocycles. The molecule has 2 aromatic rings. The predicted molar refractivity (Wildman–Crippen MR) is 90.3 cm³/mol. The molecule has 3 N–H and O–H groups in total. The molecule has 0 spiro atoms. The summed E-state index contributed by atoms with van der Waals surface area (Å²) < 4.78 is 0. The number of benzene rings is 1. The van der Waals surface area contributed by atoms with Crippen LogP contribution in [0.15, 0.2) is 24.3 Å². The topological polar surface area (TPSA) is 61.9 Å². The van der Waals surface area contributed by atoms with E-state index in [2.05, 4.69) is 16.0 Å². The number of fused-ring (bicyclic) bond motifs is 1. The number of aromatic nitrogens is 2. The first-order chi connectivity index (χ1) is 10.9. The van der Waals surface area contributed by atoms with Crippen LogP contribution in [0.3, 0.4) is 0 Å². The van der Waals surface area contributed by atoms with E-state index in [1.807, 2.05) is 24.3 Å². The van der Waals surface area contributed by atoms with Crippen molar-refractivity contribution in [2.24, 2.45) is 0 Å². The van der Waals surface area contributed by atoms with Gasteiger partial charge in [0.05, 0.1) is 11.0 Å². The first-order valence-corrected chi connectivity index (χ1v) is 8.39. The summed E-state index contributed by atoms with van der Waals surface area (Å²) in [4.78, 5) is 9.54. The molecule has 2 fully saturated rings. The Morgan fingerprint density at radius 2 is 1.77 bits per heavy atom. The number of hydrogen-bond acceptors (Lipinski definition) is 5. The minimum Gasteiger partial charge on any atom is -0.365 e. The third-order valence-corrected chi connectivity index (χ3v) is 4.42. The van der Waals surface area contributed by atoms with Gasteiger partial charge in [0.2, 0.25) is 0 Å². The SMILES string of the molecule is c1ccc2nc(NC3CC3)c(NC[C@@H]3CCCCN3)nc2c1. The monoisotopic (exact) mass is 297 g/mol. The molecule has 1 saturated heterocycles. The minimum absolute atomic E-state index is 0.538. The Morgan fingerprint density at radius 3 is 2.45 bits per heavy atom. The molecule has 4 rings (SSSR count). The van der Waals surface area contributed by atoms with Crippen LogP contribution in [0.2, 0.25) is 0 Å². The normalized spacial score (nSPS) is 21.7. The van der Waals surface area contributed by atoms with Crippen molar-refractivity contribution in [2.45, 2.75) is 44.2 Å². The molecule has 1 atom stereocenters. The van der Waals surface area contributed by atoms with Crippen LogP contribution >= 0.6 is 0 Å². The van der Waals surface area contributed by atoms with Crippen molar-refractivity contribution in [1.29, 1.82) is 0 Å². The maximum Gasteiger partial charge on any atom is 0.169 e. The molecule has 116 valence electrons. The Labute approximate surface area is 130 Å². The average Bonchev–Trinajstić information content (AvgIpc) is 3.38. The highest BCUT2D eigenvalue weighted by Gasteiger charge is 2.23. The van der Waals surface area contributed by atoms with Gasteiger partial charge in [0, 0.05) is 18.6 Å². The maximum atomic E-state index is 4.78. The van der Waals surface area contributed by atoms with E-state index in [0.717, 1.165) is 35.8 Å². The lowest BCUT2D eigenvalue weighted by molar-refractivity contribution is 0.414. The summed E-state index contributed by atoms with van der Waals surface area (Å²) >= 11 is 0. The summed E-state index contributed by atoms with van der Waals surface area (Å²) in [5.41, 5.74) is 1.90. The second-order valence-corrected chi connectivity index (χ2v) is 6.36. The maximum absolute atomic E-state index is 4.78. The van der Waals surface area contributed by atoms with Gasteiger partial charge in [-0.1, -0.05) is 18.6 Å². The van der Waals surface area contributed by atoms with Crippen LogP contribution in [-0.2, 0) is 0 Å². The Bertz CT molecular complexity index is 647. The highest BCUT2D eigenvalue weighted by atomic mass is 15.1. The zero-order valence-electron chi connectivity index (χ0n) is 12.8. The zero-order valence-corrected chi connectivity index (χ0v) is 12.8. The predicted octanol–water partition coefficient (Wildman–Crippen LogP) is 2.76. The Balaban J connectivity index is 1.55. The summed E-state index contributed by atoms with van der Waals surface area (Å²) in [7, 11) is 0. The Hall–Kier alpha value is -1.88. The van der Waals surface area contributed by atoms with Crippen molar-refractivity contribution in [3.63, 3.8) is 0 Å². The number of para-hydroxylation sites is 2. The number of hydrogen-bond donors (Lipinski definition) is 3. The van der Waals surface area contributed by atoms with Crippen molar-refractivity contribution >= 4 is 22.7 Å². The van der Waals surface area contributed by atoms with Crippen LogP contribution in [0.1, 0.15) is 32.1 Å². The summed E-state index contributed by atoms with van der Waals surface area (Å²) in [5, 5.41) is 10.6. The summed E-state index contributed by atoms with van der Waals surface area (Å²) in [6.07, 6.45) is 6.31. The van der Waals surface area contributed by atoms with Gasteiger partial charge in [0.1, 0.15) is 0 Å². The van der Waals surface area contributed by atoms with Crippen LogP contribution in [0, 0.1) is 0 Å². The van der Waals surface area contributed by atoms with Crippen LogP contribution in [0.5, 0.6) is 0 Å². The molecule has 1 saturated carbocycles. The second-order valence-electron chi connectivity index (χ2n) is 6.36. The van der Waals surface area contributed by atoms with Gasteiger partial charge >= 0.3 is 0 Å². The molecule has 2 aliphatic rings. The van der Waals surface area contributed by atoms with Crippen LogP contribution in [0.25, 0.3) is 11.0 Å². The van der Waals surface area contributed by atoms with Crippen LogP contribution in [0.4, 0.5) is 11.6 Å². The third-order valence-electron chi connectivity index (χ3n) is 4.42. The molecule has 1 aromatic heterocycles. The van der Waals surface area contributed by atoms with Crippen molar-refractivity contribution in [2.75, 3.05) is 23.7 Å². The fourth-order valence-electron chi connectivity index (χ4n) is 2.96. The van der Waals surface area contributed by atoms with E-state index < -0.39 is 0 Å². The smallest absolute Gasteiger partial charge is 0.169 e. The first kappa shape index (κ1) is 13.8. The van der Waals surface area contributed by atoms with E-state index in [0.29, 0.717) is 12.1 Å². The fourth-order valence-corrected chi connectivity index (χ4v) is 2.96. The number of nitrogens with zero attached hydrogens (tertiary/aromatic N) is 2. The van der Waals surface area contributed by atoms with E-state index >= 15 is 0 Å². The number of rotatable bonds is 5. The van der Waals surface area contributed by atoms with E-state index in [-0.39, 0.29) is 0 Å². The highest BCUT2D eigenvalue weighted by Crippen LogP contribution is 2.28. The average molecular weight is 297 g/mol. The van der Waals surface area contributed by atoms with E-state index in [9.17, 15) is 0 Å². The largest absolute Gasteiger partial charge is 0.365 e. The van der Waals surface area contributed by atoms with E-state index in [1.54, 1.807) is 0 Å². The van der Waals surface area contributed by atoms with Gasteiger partial charge in [0.15, 0.2) is 11.6 Å². The molecule has 22 heavy (non-hydrogen) atoms. The van der Waals surface area contributed by atoms with E-state index in [1.165, 1.54) is 32.1 Å². The summed E-state index contributed by atoms with van der Waals surface area (Å²) in [6, 6.07) is 9.17. The van der Waals surface area contributed by atoms with Gasteiger partial charge in [-0.05, 0) is 44.4 Å². The van der Waals surface area contributed by atoms with Gasteiger partial charge < -0.3 is 16.0 Å². The molecule has 1 aliphatic carbocycles. The van der Waals surface area contributed by atoms with Gasteiger partial charge in [-0.25, -0.2) is 9.97 Å². The first-order valence-electron chi connectivity index (χ1n) is 8.39. The summed E-state index contributed by atoms with van der Waals surface area (Å²) in [5.74, 6) is 1.79. The molecule has 0 bridgehead atoms. The fraction of sp³-hybridized carbons (Fsp3) is 0.529. The van der Waals surface area contributed by atoms with Gasteiger partial charge in [-0.15, -0.1) is 0 Å². The number of piperidine rings is 1. The number of anilines is 2. The molecule has 0 amide bonds. The molecule has 0 unspecified atom stereocenters. The lowest BCUT2D eigenvalue weighted by Crippen LogP contribution is -2.39. The molecular weight excluding hydrogens is 274 g/mol. The van der Waals surface area contributed by atoms with Crippen molar-refractivity contribution < 1.29 is 0 Å². The quantitative estimate of drug-likeness (QED) is 0.792. The van der Waals surface area contributed by atoms with Crippen LogP contribution < -0.4 is 16.0 Å². The van der Waals surface area contributed by atoms with Crippen molar-refractivity contribution in [3.8, 4) is 0 Å². The minimum atomic E-state index is 0.538. The molecule has 5 heteroatoms. The highest BCUT2D eigenvalue weighted by molar-refractivity contribution is 5.80. The van der Waals surface area contributed by atoms with Crippen LogP contribution in [-0.4, -0.2) is 35.1 Å². The Morgan fingerprint density at radius 1 is 1.00 bits per heavy atom. The summed E-state index contributed by atoms with van der Waals surface area (Å²) in [6.45, 7) is 2.04. The second kappa shape index (κ2) is 6.08. The lowest BCUT2D eigenvalue weighted by Gasteiger charge is -2.24. The molecular formula is C17H23N5. The van der Waals surface area contributed by atoms with Gasteiger partial charge in [-0.3, -0.25) is 0 Å². The molecule has 5 nitrogen and oxygen atoms in total. The number of nitrogens with one attached hydrogen (secondary N) is 3. The van der Waals surface area contributed by atoms with Crippen molar-refractivity contribution in [1.82, 2.24) is 15.3 Å². The molecule has 0 radical (unpaired) electrons. The lowest BCUT2D eigenvalue weighted by atomic mass is 10.1. The van der Waals surface area contributed by atoms with Crippen molar-refractivity contribution in [3.05, 3.63) is 24.3 Å². The van der Waals surface area contributed by atoms with Gasteiger partial charge in [0.25, 0.3) is 0 Å². The zero-order chi connectivity index (χ0) is 14.8. The van der Waals surface area contributed by atoms with Gasteiger partial charge in [-0.2, -0.15) is 0 Å². The standard InChI is InChI=1S/C17H23N5/c1-2-7-15-14(6-1)21-16(17(22-15)20-12-8-9-12)19-11-13-5-3-4-10-18-13/h1-2,6-7,12-13,18H,3-5,8-11H2,(H,19,21)(H,20,22)/t13-/m0/s1. The molecule has 2 heterocycles. The molecule has 1 aromatic carbocycles. The van der Waals surface area contributed by atoms with E-state index in [4.69, 9.17) is 9.97 Å². The third kappa shape index (κ3) is 3.14. The Kier molecular flexibility index (Phi) is 3.81.